The molecule has 0 aliphatic heterocycles. The van der Waals surface area contributed by atoms with Crippen LogP contribution in [0.25, 0.3) is 0 Å². The molecule has 1 heterocycles. The molecule has 13 heavy (non-hydrogen) atoms. The van der Waals surface area contributed by atoms with Gasteiger partial charge in [0.1, 0.15) is 5.69 Å². The molecule has 0 saturated carbocycles. The second-order valence-corrected chi connectivity index (χ2v) is 2.36. The first kappa shape index (κ1) is 9.72. The Balaban J connectivity index is 3.16. The molecular weight excluding hydrogens is 185 g/mol. The van der Waals surface area contributed by atoms with Crippen LogP contribution in [0.4, 0.5) is 19.1 Å². The average Bonchev–Trinajstić information content (AvgIpc) is 2.01. The Labute approximate surface area is 72.0 Å². The van der Waals surface area contributed by atoms with E-state index in [0.717, 1.165) is 6.07 Å². The summed E-state index contributed by atoms with van der Waals surface area (Å²) in [5.41, 5.74) is 1.16. The van der Waals surface area contributed by atoms with Crippen molar-refractivity contribution in [2.24, 2.45) is 5.84 Å². The van der Waals surface area contributed by atoms with Crippen LogP contribution in [0.3, 0.4) is 0 Å². The molecule has 72 valence electrons. The van der Waals surface area contributed by atoms with Gasteiger partial charge >= 0.3 is 6.18 Å². The van der Waals surface area contributed by atoms with Gasteiger partial charge in [-0.2, -0.15) is 13.2 Å². The number of hydrazine groups is 1. The highest BCUT2D eigenvalue weighted by atomic mass is 19.4. The quantitative estimate of drug-likeness (QED) is 0.516. The SMILES string of the molecule is Cc1cc(C(F)(F)F)nc(NN)n1. The number of anilines is 1. The van der Waals surface area contributed by atoms with Crippen molar-refractivity contribution in [1.29, 1.82) is 0 Å². The molecule has 1 rings (SSSR count). The van der Waals surface area contributed by atoms with Crippen molar-refractivity contribution in [3.63, 3.8) is 0 Å². The Morgan fingerprint density at radius 2 is 2.00 bits per heavy atom. The molecule has 3 N–H and O–H groups in total. The Morgan fingerprint density at radius 1 is 1.38 bits per heavy atom. The van der Waals surface area contributed by atoms with Gasteiger partial charge in [0.2, 0.25) is 5.95 Å². The standard InChI is InChI=1S/C6H7F3N4/c1-3-2-4(6(7,8)9)12-5(11-3)13-10/h2H,10H2,1H3,(H,11,12,13). The third-order valence-corrected chi connectivity index (χ3v) is 1.27. The maximum atomic E-state index is 12.1. The summed E-state index contributed by atoms with van der Waals surface area (Å²) in [4.78, 5) is 6.77. The van der Waals surface area contributed by atoms with Gasteiger partial charge in [0.25, 0.3) is 0 Å². The summed E-state index contributed by atoms with van der Waals surface area (Å²) >= 11 is 0. The lowest BCUT2D eigenvalue weighted by molar-refractivity contribution is -0.141. The maximum absolute atomic E-state index is 12.1. The first-order valence-corrected chi connectivity index (χ1v) is 3.33. The summed E-state index contributed by atoms with van der Waals surface area (Å²) in [5, 5.41) is 0. The average molecular weight is 192 g/mol. The number of hydrogen-bond donors (Lipinski definition) is 2. The van der Waals surface area contributed by atoms with Crippen LogP contribution in [-0.4, -0.2) is 9.97 Å². The van der Waals surface area contributed by atoms with Crippen molar-refractivity contribution in [3.8, 4) is 0 Å². The topological polar surface area (TPSA) is 63.8 Å². The monoisotopic (exact) mass is 192 g/mol. The number of hydrogen-bond acceptors (Lipinski definition) is 4. The van der Waals surface area contributed by atoms with E-state index in [-0.39, 0.29) is 11.6 Å². The second-order valence-electron chi connectivity index (χ2n) is 2.36. The molecular formula is C6H7F3N4. The molecule has 0 amide bonds. The van der Waals surface area contributed by atoms with Gasteiger partial charge in [-0.3, -0.25) is 5.43 Å². The first-order chi connectivity index (χ1) is 5.93. The van der Waals surface area contributed by atoms with Gasteiger partial charge in [-0.25, -0.2) is 15.8 Å². The minimum absolute atomic E-state index is 0.204. The third kappa shape index (κ3) is 2.28. The molecule has 0 radical (unpaired) electrons. The zero-order chi connectivity index (χ0) is 10.1. The van der Waals surface area contributed by atoms with Crippen molar-refractivity contribution in [3.05, 3.63) is 17.5 Å². The van der Waals surface area contributed by atoms with E-state index in [0.29, 0.717) is 0 Å². The zero-order valence-electron chi connectivity index (χ0n) is 6.68. The molecule has 0 aromatic carbocycles. The molecule has 0 aliphatic carbocycles. The van der Waals surface area contributed by atoms with Crippen LogP contribution in [0.5, 0.6) is 0 Å². The molecule has 0 saturated heterocycles. The van der Waals surface area contributed by atoms with Crippen LogP contribution in [0, 0.1) is 6.92 Å². The van der Waals surface area contributed by atoms with Gasteiger partial charge in [0.15, 0.2) is 0 Å². The second kappa shape index (κ2) is 3.17. The molecule has 4 nitrogen and oxygen atoms in total. The minimum Gasteiger partial charge on any atom is -0.292 e. The van der Waals surface area contributed by atoms with E-state index < -0.39 is 11.9 Å². The van der Waals surface area contributed by atoms with E-state index in [1.807, 2.05) is 5.43 Å². The van der Waals surface area contributed by atoms with Crippen LogP contribution in [0.1, 0.15) is 11.4 Å². The van der Waals surface area contributed by atoms with E-state index in [9.17, 15) is 13.2 Å². The van der Waals surface area contributed by atoms with Crippen molar-refractivity contribution in [1.82, 2.24) is 9.97 Å². The van der Waals surface area contributed by atoms with Crippen LogP contribution in [0.15, 0.2) is 6.07 Å². The minimum atomic E-state index is -4.47. The highest BCUT2D eigenvalue weighted by Crippen LogP contribution is 2.28. The predicted octanol–water partition coefficient (Wildman–Crippen LogP) is 1.09. The normalized spacial score (nSPS) is 11.5. The van der Waals surface area contributed by atoms with Gasteiger partial charge in [-0.15, -0.1) is 0 Å². The van der Waals surface area contributed by atoms with E-state index in [1.165, 1.54) is 6.92 Å². The van der Waals surface area contributed by atoms with Crippen molar-refractivity contribution in [2.75, 3.05) is 5.43 Å². The largest absolute Gasteiger partial charge is 0.433 e. The fourth-order valence-corrected chi connectivity index (χ4v) is 0.778. The maximum Gasteiger partial charge on any atom is 0.433 e. The Bertz CT molecular complexity index is 309. The van der Waals surface area contributed by atoms with E-state index >= 15 is 0 Å². The summed E-state index contributed by atoms with van der Waals surface area (Å²) < 4.78 is 36.4. The van der Waals surface area contributed by atoms with Gasteiger partial charge < -0.3 is 0 Å². The van der Waals surface area contributed by atoms with Crippen LogP contribution >= 0.6 is 0 Å². The highest BCUT2D eigenvalue weighted by Gasteiger charge is 2.33. The smallest absolute Gasteiger partial charge is 0.292 e. The number of nitrogens with one attached hydrogen (secondary N) is 1. The van der Waals surface area contributed by atoms with Crippen molar-refractivity contribution >= 4 is 5.95 Å². The number of nitrogen functional groups attached to an aromatic ring is 1. The molecule has 1 aromatic heterocycles. The summed E-state index contributed by atoms with van der Waals surface area (Å²) in [6.45, 7) is 1.43. The lowest BCUT2D eigenvalue weighted by atomic mass is 10.3. The fraction of sp³-hybridized carbons (Fsp3) is 0.333. The highest BCUT2D eigenvalue weighted by molar-refractivity contribution is 5.27. The Hall–Kier alpha value is -1.37. The fourth-order valence-electron chi connectivity index (χ4n) is 0.778. The van der Waals surface area contributed by atoms with Crippen molar-refractivity contribution < 1.29 is 13.2 Å². The summed E-state index contributed by atoms with van der Waals surface area (Å²) in [6.07, 6.45) is -4.47. The predicted molar refractivity (Wildman–Crippen MR) is 39.6 cm³/mol. The van der Waals surface area contributed by atoms with Gasteiger partial charge in [0, 0.05) is 5.69 Å². The number of nitrogens with zero attached hydrogens (tertiary/aromatic N) is 2. The molecule has 0 aliphatic rings. The number of alkyl halides is 3. The van der Waals surface area contributed by atoms with Gasteiger partial charge in [-0.1, -0.05) is 0 Å². The molecule has 0 bridgehead atoms. The van der Waals surface area contributed by atoms with E-state index in [4.69, 9.17) is 5.84 Å². The zero-order valence-corrected chi connectivity index (χ0v) is 6.68. The number of rotatable bonds is 1. The van der Waals surface area contributed by atoms with Gasteiger partial charge in [0.05, 0.1) is 0 Å². The number of aryl methyl sites for hydroxylation is 1. The molecule has 0 unspecified atom stereocenters. The lowest BCUT2D eigenvalue weighted by Gasteiger charge is -2.07. The van der Waals surface area contributed by atoms with Crippen molar-refractivity contribution in [2.45, 2.75) is 13.1 Å². The van der Waals surface area contributed by atoms with Gasteiger partial charge in [-0.05, 0) is 13.0 Å². The molecule has 1 aromatic rings. The lowest BCUT2D eigenvalue weighted by Crippen LogP contribution is -2.15. The summed E-state index contributed by atoms with van der Waals surface area (Å²) in [5.74, 6) is 4.65. The molecule has 0 fully saturated rings. The summed E-state index contributed by atoms with van der Waals surface area (Å²) in [6, 6.07) is 0.848. The molecule has 0 atom stereocenters. The number of aromatic nitrogens is 2. The molecule has 7 heteroatoms. The van der Waals surface area contributed by atoms with Crippen LogP contribution in [0.2, 0.25) is 0 Å². The number of halogens is 3. The Kier molecular flexibility index (Phi) is 2.37. The molecule has 0 spiro atoms. The first-order valence-electron chi connectivity index (χ1n) is 3.33. The number of nitrogens with two attached hydrogens (primary N) is 1. The van der Waals surface area contributed by atoms with Crippen LogP contribution < -0.4 is 11.3 Å². The van der Waals surface area contributed by atoms with E-state index in [2.05, 4.69) is 9.97 Å². The third-order valence-electron chi connectivity index (χ3n) is 1.27. The van der Waals surface area contributed by atoms with Crippen LogP contribution in [-0.2, 0) is 6.18 Å². The van der Waals surface area contributed by atoms with E-state index in [1.54, 1.807) is 0 Å². The summed E-state index contributed by atoms with van der Waals surface area (Å²) in [7, 11) is 0. The Morgan fingerprint density at radius 3 is 2.46 bits per heavy atom.